The Bertz CT molecular complexity index is 644. The van der Waals surface area contributed by atoms with Crippen LogP contribution in [0.3, 0.4) is 0 Å². The SMILES string of the molecule is C=C(C)CNC(=O)c1ccc(OC2CCN(CC(C)(C)C)CC2)c(Cl)c1. The van der Waals surface area contributed by atoms with Gasteiger partial charge in [0.15, 0.2) is 0 Å². The van der Waals surface area contributed by atoms with Crippen LogP contribution < -0.4 is 10.1 Å². The van der Waals surface area contributed by atoms with Crippen LogP contribution in [-0.2, 0) is 0 Å². The van der Waals surface area contributed by atoms with E-state index in [1.165, 1.54) is 0 Å². The number of nitrogens with zero attached hydrogens (tertiary/aromatic N) is 1. The molecule has 0 saturated carbocycles. The van der Waals surface area contributed by atoms with Crippen LogP contribution in [0.5, 0.6) is 5.75 Å². The molecule has 144 valence electrons. The van der Waals surface area contributed by atoms with Gasteiger partial charge in [-0.2, -0.15) is 0 Å². The molecule has 2 rings (SSSR count). The molecular weight excluding hydrogens is 348 g/mol. The van der Waals surface area contributed by atoms with E-state index in [2.05, 4.69) is 37.6 Å². The van der Waals surface area contributed by atoms with E-state index in [1.807, 2.05) is 6.92 Å². The van der Waals surface area contributed by atoms with E-state index in [4.69, 9.17) is 16.3 Å². The number of carbonyl (C=O) groups is 1. The predicted molar refractivity (Wildman–Crippen MR) is 108 cm³/mol. The maximum atomic E-state index is 12.1. The van der Waals surface area contributed by atoms with Gasteiger partial charge in [0.2, 0.25) is 0 Å². The zero-order valence-electron chi connectivity index (χ0n) is 16.4. The Morgan fingerprint density at radius 3 is 2.54 bits per heavy atom. The Balaban J connectivity index is 1.89. The highest BCUT2D eigenvalue weighted by Gasteiger charge is 2.24. The van der Waals surface area contributed by atoms with Crippen LogP contribution in [0.1, 0.15) is 50.9 Å². The standard InChI is InChI=1S/C21H31ClN2O2/c1-15(2)13-23-20(25)16-6-7-19(18(22)12-16)26-17-8-10-24(11-9-17)14-21(3,4)5/h6-7,12,17H,1,8-11,13-14H2,2-5H3,(H,23,25). The van der Waals surface area contributed by atoms with Crippen molar-refractivity contribution >= 4 is 17.5 Å². The Labute approximate surface area is 162 Å². The lowest BCUT2D eigenvalue weighted by Crippen LogP contribution is -2.42. The molecule has 1 aromatic carbocycles. The minimum absolute atomic E-state index is 0.156. The van der Waals surface area contributed by atoms with E-state index < -0.39 is 0 Å². The first kappa shape index (κ1) is 20.8. The van der Waals surface area contributed by atoms with Gasteiger partial charge in [-0.1, -0.05) is 44.5 Å². The molecule has 1 amide bonds. The second-order valence-electron chi connectivity index (χ2n) is 8.44. The van der Waals surface area contributed by atoms with Gasteiger partial charge >= 0.3 is 0 Å². The summed E-state index contributed by atoms with van der Waals surface area (Å²) in [6, 6.07) is 5.21. The molecule has 0 unspecified atom stereocenters. The number of likely N-dealkylation sites (tertiary alicyclic amines) is 1. The third kappa shape index (κ3) is 6.65. The number of benzene rings is 1. The summed E-state index contributed by atoms with van der Waals surface area (Å²) < 4.78 is 6.09. The summed E-state index contributed by atoms with van der Waals surface area (Å²) in [6.07, 6.45) is 2.16. The average Bonchev–Trinajstić information content (AvgIpc) is 2.54. The molecule has 4 nitrogen and oxygen atoms in total. The largest absolute Gasteiger partial charge is 0.489 e. The molecule has 0 spiro atoms. The van der Waals surface area contributed by atoms with Gasteiger partial charge in [0.25, 0.3) is 5.91 Å². The Morgan fingerprint density at radius 1 is 1.35 bits per heavy atom. The first-order valence-electron chi connectivity index (χ1n) is 9.25. The maximum Gasteiger partial charge on any atom is 0.251 e. The highest BCUT2D eigenvalue weighted by Crippen LogP contribution is 2.29. The van der Waals surface area contributed by atoms with Crippen molar-refractivity contribution in [1.29, 1.82) is 0 Å². The second-order valence-corrected chi connectivity index (χ2v) is 8.85. The highest BCUT2D eigenvalue weighted by atomic mass is 35.5. The van der Waals surface area contributed by atoms with E-state index in [-0.39, 0.29) is 12.0 Å². The number of amides is 1. The van der Waals surface area contributed by atoms with Crippen LogP contribution in [0.15, 0.2) is 30.4 Å². The second kappa shape index (κ2) is 8.92. The van der Waals surface area contributed by atoms with E-state index in [0.717, 1.165) is 38.0 Å². The van der Waals surface area contributed by atoms with Gasteiger partial charge in [-0.05, 0) is 43.4 Å². The van der Waals surface area contributed by atoms with Gasteiger partial charge in [-0.3, -0.25) is 4.79 Å². The van der Waals surface area contributed by atoms with Crippen LogP contribution in [0.2, 0.25) is 5.02 Å². The summed E-state index contributed by atoms with van der Waals surface area (Å²) in [5.41, 5.74) is 1.75. The lowest BCUT2D eigenvalue weighted by molar-refractivity contribution is 0.0811. The van der Waals surface area contributed by atoms with Crippen molar-refractivity contribution in [2.45, 2.75) is 46.6 Å². The number of rotatable bonds is 6. The number of piperidine rings is 1. The van der Waals surface area contributed by atoms with Crippen molar-refractivity contribution in [2.24, 2.45) is 5.41 Å². The van der Waals surface area contributed by atoms with E-state index in [9.17, 15) is 4.79 Å². The molecular formula is C21H31ClN2O2. The molecule has 0 aromatic heterocycles. The molecule has 1 N–H and O–H groups in total. The van der Waals surface area contributed by atoms with Gasteiger partial charge < -0.3 is 15.0 Å². The molecule has 0 bridgehead atoms. The van der Waals surface area contributed by atoms with Crippen molar-refractivity contribution < 1.29 is 9.53 Å². The molecule has 5 heteroatoms. The maximum absolute atomic E-state index is 12.1. The molecule has 1 aromatic rings. The fraction of sp³-hybridized carbons (Fsp3) is 0.571. The molecule has 0 radical (unpaired) electrons. The van der Waals surface area contributed by atoms with Crippen LogP contribution in [0.25, 0.3) is 0 Å². The fourth-order valence-electron chi connectivity index (χ4n) is 3.11. The molecule has 1 fully saturated rings. The quantitative estimate of drug-likeness (QED) is 0.739. The normalized spacial score (nSPS) is 16.3. The molecule has 0 atom stereocenters. The number of ether oxygens (including phenoxy) is 1. The van der Waals surface area contributed by atoms with Crippen molar-refractivity contribution in [3.8, 4) is 5.75 Å². The molecule has 1 aliphatic heterocycles. The first-order chi connectivity index (χ1) is 12.1. The predicted octanol–water partition coefficient (Wildman–Crippen LogP) is 4.54. The number of hydrogen-bond donors (Lipinski definition) is 1. The minimum atomic E-state index is -0.156. The fourth-order valence-corrected chi connectivity index (χ4v) is 3.33. The summed E-state index contributed by atoms with van der Waals surface area (Å²) in [4.78, 5) is 14.6. The van der Waals surface area contributed by atoms with Crippen LogP contribution in [0.4, 0.5) is 0 Å². The van der Waals surface area contributed by atoms with Crippen molar-refractivity contribution in [3.63, 3.8) is 0 Å². The monoisotopic (exact) mass is 378 g/mol. The Hall–Kier alpha value is -1.52. The van der Waals surface area contributed by atoms with E-state index in [1.54, 1.807) is 18.2 Å². The van der Waals surface area contributed by atoms with Crippen LogP contribution >= 0.6 is 11.6 Å². The molecule has 1 aliphatic rings. The zero-order valence-corrected chi connectivity index (χ0v) is 17.2. The molecule has 26 heavy (non-hydrogen) atoms. The summed E-state index contributed by atoms with van der Waals surface area (Å²) >= 11 is 6.34. The average molecular weight is 379 g/mol. The zero-order chi connectivity index (χ0) is 19.3. The van der Waals surface area contributed by atoms with Crippen molar-refractivity contribution in [1.82, 2.24) is 10.2 Å². The van der Waals surface area contributed by atoms with E-state index in [0.29, 0.717) is 28.3 Å². The molecule has 1 heterocycles. The number of carbonyl (C=O) groups excluding carboxylic acids is 1. The summed E-state index contributed by atoms with van der Waals surface area (Å²) in [7, 11) is 0. The van der Waals surface area contributed by atoms with Gasteiger partial charge in [0, 0.05) is 31.7 Å². The van der Waals surface area contributed by atoms with Gasteiger partial charge in [0.05, 0.1) is 5.02 Å². The number of halogens is 1. The van der Waals surface area contributed by atoms with Crippen LogP contribution in [0, 0.1) is 5.41 Å². The van der Waals surface area contributed by atoms with E-state index >= 15 is 0 Å². The van der Waals surface area contributed by atoms with Crippen molar-refractivity contribution in [2.75, 3.05) is 26.2 Å². The van der Waals surface area contributed by atoms with Gasteiger partial charge in [-0.25, -0.2) is 0 Å². The number of hydrogen-bond acceptors (Lipinski definition) is 3. The van der Waals surface area contributed by atoms with Crippen molar-refractivity contribution in [3.05, 3.63) is 40.9 Å². The summed E-state index contributed by atoms with van der Waals surface area (Å²) in [5.74, 6) is 0.495. The van der Waals surface area contributed by atoms with Gasteiger partial charge in [0.1, 0.15) is 11.9 Å². The number of nitrogens with one attached hydrogen (secondary N) is 1. The summed E-state index contributed by atoms with van der Waals surface area (Å²) in [6.45, 7) is 16.1. The minimum Gasteiger partial charge on any atom is -0.489 e. The van der Waals surface area contributed by atoms with Gasteiger partial charge in [-0.15, -0.1) is 0 Å². The highest BCUT2D eigenvalue weighted by molar-refractivity contribution is 6.32. The van der Waals surface area contributed by atoms with Crippen LogP contribution in [-0.4, -0.2) is 43.1 Å². The Kier molecular flexibility index (Phi) is 7.13. The topological polar surface area (TPSA) is 41.6 Å². The lowest BCUT2D eigenvalue weighted by Gasteiger charge is -2.36. The molecule has 0 aliphatic carbocycles. The first-order valence-corrected chi connectivity index (χ1v) is 9.63. The molecule has 1 saturated heterocycles. The third-order valence-electron chi connectivity index (χ3n) is 4.27. The summed E-state index contributed by atoms with van der Waals surface area (Å²) in [5, 5.41) is 3.28. The smallest absolute Gasteiger partial charge is 0.251 e. The lowest BCUT2D eigenvalue weighted by atomic mass is 9.94. The third-order valence-corrected chi connectivity index (χ3v) is 4.57. The Morgan fingerprint density at radius 2 is 2.00 bits per heavy atom.